The minimum absolute atomic E-state index is 0.126. The molecule has 1 atom stereocenters. The van der Waals surface area contributed by atoms with Crippen molar-refractivity contribution in [2.24, 2.45) is 7.05 Å². The van der Waals surface area contributed by atoms with E-state index in [4.69, 9.17) is 23.2 Å². The molecule has 0 aliphatic rings. The molecule has 0 aliphatic carbocycles. The van der Waals surface area contributed by atoms with Gasteiger partial charge in [0, 0.05) is 25.0 Å². The van der Waals surface area contributed by atoms with Gasteiger partial charge in [0.25, 0.3) is 0 Å². The van der Waals surface area contributed by atoms with Gasteiger partial charge in [-0.2, -0.15) is 0 Å². The molecule has 0 saturated heterocycles. The Bertz CT molecular complexity index is 907. The molecule has 0 amide bonds. The van der Waals surface area contributed by atoms with E-state index in [9.17, 15) is 0 Å². The highest BCUT2D eigenvalue weighted by Gasteiger charge is 2.12. The standard InChI is InChI=1S/C23H27Cl2N3/c1-6-19-15-18(17(4)26-14-12-16(2)3)9-8-13-27-23(28(19)5)22-20(24)10-7-11-21(22)25/h7-15,17,26H,2,6H2,1,3-5H3/b13-8?,14-12+,18-9?,19-15?,27-23?. The summed E-state index contributed by atoms with van der Waals surface area (Å²) in [5.74, 6) is 0.720. The Kier molecular flexibility index (Phi) is 8.16. The predicted octanol–water partition coefficient (Wildman–Crippen LogP) is 6.82. The molecule has 0 radical (unpaired) electrons. The van der Waals surface area contributed by atoms with Crippen LogP contribution in [-0.4, -0.2) is 9.55 Å². The second-order valence-electron chi connectivity index (χ2n) is 6.67. The van der Waals surface area contributed by atoms with Crippen LogP contribution in [-0.2, 0) is 13.5 Å². The number of aryl methyl sites for hydroxylation is 1. The van der Waals surface area contributed by atoms with Gasteiger partial charge >= 0.3 is 0 Å². The SMILES string of the molecule is C=C(C)/C=C/NC(C)c1cccnc(-c2c(Cl)cccc2Cl)n(C)c(CC)c1. The van der Waals surface area contributed by atoms with E-state index in [1.54, 1.807) is 6.20 Å². The summed E-state index contributed by atoms with van der Waals surface area (Å²) < 4.78 is 2.05. The van der Waals surface area contributed by atoms with Crippen molar-refractivity contribution in [2.75, 3.05) is 0 Å². The van der Waals surface area contributed by atoms with Gasteiger partial charge in [0.05, 0.1) is 15.6 Å². The molecule has 0 fully saturated rings. The summed E-state index contributed by atoms with van der Waals surface area (Å²) in [6.45, 7) is 10.1. The molecule has 148 valence electrons. The van der Waals surface area contributed by atoms with Crippen molar-refractivity contribution in [1.82, 2.24) is 14.9 Å². The van der Waals surface area contributed by atoms with Crippen molar-refractivity contribution >= 4 is 23.2 Å². The molecule has 3 nitrogen and oxygen atoms in total. The van der Waals surface area contributed by atoms with Crippen LogP contribution in [0.5, 0.6) is 0 Å². The van der Waals surface area contributed by atoms with Crippen molar-refractivity contribution < 1.29 is 0 Å². The molecule has 0 spiro atoms. The molecule has 0 saturated carbocycles. The quantitative estimate of drug-likeness (QED) is 0.524. The van der Waals surface area contributed by atoms with Gasteiger partial charge in [-0.05, 0) is 62.4 Å². The Morgan fingerprint density at radius 3 is 2.54 bits per heavy atom. The van der Waals surface area contributed by atoms with E-state index in [0.717, 1.165) is 34.6 Å². The van der Waals surface area contributed by atoms with Gasteiger partial charge in [-0.25, -0.2) is 4.98 Å². The highest BCUT2D eigenvalue weighted by atomic mass is 35.5. The molecule has 1 aromatic heterocycles. The molecule has 1 unspecified atom stereocenters. The highest BCUT2D eigenvalue weighted by molar-refractivity contribution is 6.38. The van der Waals surface area contributed by atoms with Crippen molar-refractivity contribution in [3.63, 3.8) is 0 Å². The number of allylic oxidation sites excluding steroid dienone is 2. The zero-order chi connectivity index (χ0) is 20.7. The van der Waals surface area contributed by atoms with Gasteiger partial charge in [-0.15, -0.1) is 0 Å². The number of nitrogens with zero attached hydrogens (tertiary/aromatic N) is 2. The first kappa shape index (κ1) is 22.1. The molecule has 0 aliphatic heterocycles. The lowest BCUT2D eigenvalue weighted by Gasteiger charge is -2.15. The van der Waals surface area contributed by atoms with E-state index in [1.807, 2.05) is 55.1 Å². The molecule has 1 N–H and O–H groups in total. The van der Waals surface area contributed by atoms with Crippen LogP contribution in [0.4, 0.5) is 0 Å². The summed E-state index contributed by atoms with van der Waals surface area (Å²) in [6, 6.07) is 11.8. The Morgan fingerprint density at radius 2 is 1.93 bits per heavy atom. The molecule has 28 heavy (non-hydrogen) atoms. The van der Waals surface area contributed by atoms with Crippen LogP contribution in [0.15, 0.2) is 67.0 Å². The molecule has 1 heterocycles. The lowest BCUT2D eigenvalue weighted by atomic mass is 10.1. The zero-order valence-corrected chi connectivity index (χ0v) is 18.3. The molecule has 2 aromatic rings. The van der Waals surface area contributed by atoms with Gasteiger partial charge in [0.2, 0.25) is 0 Å². The van der Waals surface area contributed by atoms with Crippen LogP contribution in [0.2, 0.25) is 10.0 Å². The van der Waals surface area contributed by atoms with Gasteiger partial charge in [-0.3, -0.25) is 0 Å². The smallest absolute Gasteiger partial charge is 0.142 e. The average Bonchev–Trinajstić information content (AvgIpc) is 2.71. The fourth-order valence-corrected chi connectivity index (χ4v) is 3.38. The fourth-order valence-electron chi connectivity index (χ4n) is 2.81. The Morgan fingerprint density at radius 1 is 1.25 bits per heavy atom. The molecular formula is C23H27Cl2N3. The lowest BCUT2D eigenvalue weighted by Crippen LogP contribution is -2.12. The van der Waals surface area contributed by atoms with Crippen LogP contribution >= 0.6 is 23.2 Å². The first-order chi connectivity index (χ1) is 13.3. The first-order valence-corrected chi connectivity index (χ1v) is 10.0. The summed E-state index contributed by atoms with van der Waals surface area (Å²) in [4.78, 5) is 4.66. The van der Waals surface area contributed by atoms with E-state index in [1.165, 1.54) is 0 Å². The maximum Gasteiger partial charge on any atom is 0.142 e. The molecule has 5 heteroatoms. The minimum atomic E-state index is 0.126. The zero-order valence-electron chi connectivity index (χ0n) is 16.8. The topological polar surface area (TPSA) is 29.9 Å². The summed E-state index contributed by atoms with van der Waals surface area (Å²) in [5.41, 5.74) is 3.99. The largest absolute Gasteiger partial charge is 0.384 e. The van der Waals surface area contributed by atoms with E-state index >= 15 is 0 Å². The first-order valence-electron chi connectivity index (χ1n) is 9.26. The van der Waals surface area contributed by atoms with E-state index in [2.05, 4.69) is 42.9 Å². The van der Waals surface area contributed by atoms with E-state index in [-0.39, 0.29) is 6.04 Å². The number of nitrogens with one attached hydrogen (secondary N) is 1. The van der Waals surface area contributed by atoms with Crippen LogP contribution < -0.4 is 5.32 Å². The second-order valence-corrected chi connectivity index (χ2v) is 7.49. The number of benzene rings is 1. The van der Waals surface area contributed by atoms with Crippen LogP contribution in [0.25, 0.3) is 11.4 Å². The number of rotatable bonds is 6. The second kappa shape index (κ2) is 10.4. The third-order valence-corrected chi connectivity index (χ3v) is 5.05. The molecular weight excluding hydrogens is 389 g/mol. The Labute approximate surface area is 178 Å². The van der Waals surface area contributed by atoms with Crippen LogP contribution in [0.3, 0.4) is 0 Å². The van der Waals surface area contributed by atoms with Crippen LogP contribution in [0.1, 0.15) is 38.1 Å². The Hall–Kier alpha value is -2.23. The van der Waals surface area contributed by atoms with Crippen molar-refractivity contribution in [3.8, 4) is 11.4 Å². The number of hydrogen-bond donors (Lipinski definition) is 1. The van der Waals surface area contributed by atoms with E-state index < -0.39 is 0 Å². The summed E-state index contributed by atoms with van der Waals surface area (Å²) in [7, 11) is 1.99. The molecule has 1 aromatic carbocycles. The predicted molar refractivity (Wildman–Crippen MR) is 121 cm³/mol. The van der Waals surface area contributed by atoms with Crippen LogP contribution in [0, 0.1) is 0 Å². The third kappa shape index (κ3) is 5.63. The van der Waals surface area contributed by atoms with E-state index in [0.29, 0.717) is 10.0 Å². The minimum Gasteiger partial charge on any atom is -0.384 e. The summed E-state index contributed by atoms with van der Waals surface area (Å²) in [5, 5.41) is 4.54. The van der Waals surface area contributed by atoms with Gasteiger partial charge in [0.15, 0.2) is 0 Å². The third-order valence-electron chi connectivity index (χ3n) is 4.42. The average molecular weight is 416 g/mol. The van der Waals surface area contributed by atoms with Gasteiger partial charge < -0.3 is 9.88 Å². The van der Waals surface area contributed by atoms with Gasteiger partial charge in [-0.1, -0.05) is 54.4 Å². The summed E-state index contributed by atoms with van der Waals surface area (Å²) >= 11 is 12.9. The number of halogens is 2. The van der Waals surface area contributed by atoms with Crippen molar-refractivity contribution in [2.45, 2.75) is 33.2 Å². The van der Waals surface area contributed by atoms with Crippen molar-refractivity contribution in [3.05, 3.63) is 88.3 Å². The highest BCUT2D eigenvalue weighted by Crippen LogP contribution is 2.33. The lowest BCUT2D eigenvalue weighted by molar-refractivity contribution is 0.683. The van der Waals surface area contributed by atoms with Gasteiger partial charge in [0.1, 0.15) is 5.82 Å². The normalized spacial score (nSPS) is 11.9. The number of aromatic nitrogens is 2. The maximum absolute atomic E-state index is 6.44. The van der Waals surface area contributed by atoms with Crippen molar-refractivity contribution in [1.29, 1.82) is 0 Å². The molecule has 2 rings (SSSR count). The Balaban J connectivity index is 2.62. The maximum atomic E-state index is 6.44. The number of hydrogen-bond acceptors (Lipinski definition) is 2. The summed E-state index contributed by atoms with van der Waals surface area (Å²) in [6.07, 6.45) is 6.50. The fraction of sp³-hybridized carbons (Fsp3) is 0.261. The monoisotopic (exact) mass is 415 g/mol. The molecule has 0 bridgehead atoms.